The fraction of sp³-hybridized carbons (Fsp3) is 0.267. The third kappa shape index (κ3) is 3.78. The average molecular weight is 332 g/mol. The third-order valence-corrected chi connectivity index (χ3v) is 4.22. The Morgan fingerprint density at radius 3 is 3.00 bits per heavy atom. The van der Waals surface area contributed by atoms with E-state index in [-0.39, 0.29) is 11.9 Å². The lowest BCUT2D eigenvalue weighted by atomic mass is 10.2. The maximum atomic E-state index is 12.0. The first-order valence-electron chi connectivity index (χ1n) is 7.18. The topological polar surface area (TPSA) is 104 Å². The normalized spacial score (nSPS) is 12.2. The van der Waals surface area contributed by atoms with Crippen LogP contribution in [0.1, 0.15) is 31.0 Å². The second-order valence-corrected chi connectivity index (χ2v) is 6.04. The highest BCUT2D eigenvalue weighted by Gasteiger charge is 2.13. The van der Waals surface area contributed by atoms with Crippen LogP contribution in [0.2, 0.25) is 0 Å². The van der Waals surface area contributed by atoms with Crippen molar-refractivity contribution in [2.24, 2.45) is 0 Å². The lowest BCUT2D eigenvalue weighted by Gasteiger charge is -2.10. The zero-order valence-electron chi connectivity index (χ0n) is 12.5. The number of carbonyl (C=O) groups is 1. The number of hydrogen-bond acceptors (Lipinski definition) is 5. The van der Waals surface area contributed by atoms with Gasteiger partial charge in [-0.2, -0.15) is 5.10 Å². The summed E-state index contributed by atoms with van der Waals surface area (Å²) in [5.74, 6) is 1.86. The number of furan rings is 1. The largest absolute Gasteiger partial charge is 0.460 e. The molecular weight excluding hydrogens is 316 g/mol. The Balaban J connectivity index is 1.52. The number of nitrogens with one attached hydrogen (secondary N) is 3. The molecule has 0 saturated carbocycles. The van der Waals surface area contributed by atoms with Gasteiger partial charge in [0, 0.05) is 12.8 Å². The summed E-state index contributed by atoms with van der Waals surface area (Å²) in [6.07, 6.45) is 0.817. The summed E-state index contributed by atoms with van der Waals surface area (Å²) in [6.45, 7) is 1.76. The molecule has 8 heteroatoms. The monoisotopic (exact) mass is 332 g/mol. The van der Waals surface area contributed by atoms with Gasteiger partial charge < -0.3 is 9.73 Å². The van der Waals surface area contributed by atoms with Gasteiger partial charge in [-0.15, -0.1) is 11.3 Å². The van der Waals surface area contributed by atoms with E-state index in [0.29, 0.717) is 18.7 Å². The SMILES string of the molecule is C[C@H](NC(=O)CCc1ccc(-c2cccs2)o1)c1n[nH]c(=O)[nH]1. The van der Waals surface area contributed by atoms with Gasteiger partial charge in [0.2, 0.25) is 5.91 Å². The molecule has 1 atom stereocenters. The van der Waals surface area contributed by atoms with Crippen molar-refractivity contribution in [2.75, 3.05) is 0 Å². The van der Waals surface area contributed by atoms with E-state index in [4.69, 9.17) is 4.42 Å². The molecule has 7 nitrogen and oxygen atoms in total. The maximum absolute atomic E-state index is 12.0. The van der Waals surface area contributed by atoms with Gasteiger partial charge in [0.15, 0.2) is 5.82 Å². The Morgan fingerprint density at radius 2 is 2.30 bits per heavy atom. The molecule has 0 aliphatic rings. The number of carbonyl (C=O) groups excluding carboxylic acids is 1. The highest BCUT2D eigenvalue weighted by atomic mass is 32.1. The van der Waals surface area contributed by atoms with Crippen LogP contribution < -0.4 is 11.0 Å². The summed E-state index contributed by atoms with van der Waals surface area (Å²) in [7, 11) is 0. The van der Waals surface area contributed by atoms with Crippen molar-refractivity contribution in [3.05, 3.63) is 51.7 Å². The van der Waals surface area contributed by atoms with Gasteiger partial charge in [-0.3, -0.25) is 9.78 Å². The fourth-order valence-corrected chi connectivity index (χ4v) is 2.86. The minimum absolute atomic E-state index is 0.129. The summed E-state index contributed by atoms with van der Waals surface area (Å²) < 4.78 is 5.74. The summed E-state index contributed by atoms with van der Waals surface area (Å²) in [6, 6.07) is 7.40. The van der Waals surface area contributed by atoms with Crippen LogP contribution in [0.4, 0.5) is 0 Å². The molecule has 3 aromatic heterocycles. The smallest absolute Gasteiger partial charge is 0.340 e. The van der Waals surface area contributed by atoms with Crippen molar-refractivity contribution in [3.8, 4) is 10.6 Å². The van der Waals surface area contributed by atoms with Crippen molar-refractivity contribution < 1.29 is 9.21 Å². The first kappa shape index (κ1) is 15.3. The van der Waals surface area contributed by atoms with E-state index in [2.05, 4.69) is 20.5 Å². The zero-order chi connectivity index (χ0) is 16.2. The van der Waals surface area contributed by atoms with Crippen molar-refractivity contribution >= 4 is 17.2 Å². The number of amides is 1. The summed E-state index contributed by atoms with van der Waals surface area (Å²) in [4.78, 5) is 26.5. The highest BCUT2D eigenvalue weighted by molar-refractivity contribution is 7.13. The van der Waals surface area contributed by atoms with Gasteiger partial charge in [-0.05, 0) is 30.5 Å². The number of H-pyrrole nitrogens is 2. The van der Waals surface area contributed by atoms with Crippen LogP contribution in [0.3, 0.4) is 0 Å². The molecule has 3 aromatic rings. The molecule has 23 heavy (non-hydrogen) atoms. The second-order valence-electron chi connectivity index (χ2n) is 5.10. The molecule has 3 rings (SSSR count). The summed E-state index contributed by atoms with van der Waals surface area (Å²) >= 11 is 1.61. The Hall–Kier alpha value is -2.61. The van der Waals surface area contributed by atoms with Crippen molar-refractivity contribution in [2.45, 2.75) is 25.8 Å². The van der Waals surface area contributed by atoms with E-state index in [1.807, 2.05) is 29.6 Å². The van der Waals surface area contributed by atoms with Gasteiger partial charge in [0.25, 0.3) is 0 Å². The molecule has 0 saturated heterocycles. The molecule has 0 aromatic carbocycles. The number of thiophene rings is 1. The molecule has 0 fully saturated rings. The number of rotatable bonds is 6. The number of hydrogen-bond donors (Lipinski definition) is 3. The molecule has 120 valence electrons. The van der Waals surface area contributed by atoms with E-state index in [0.717, 1.165) is 16.4 Å². The molecular formula is C15H16N4O3S. The van der Waals surface area contributed by atoms with Crippen molar-refractivity contribution in [1.82, 2.24) is 20.5 Å². The standard InChI is InChI=1S/C15H16N4O3S/c1-9(14-17-15(21)19-18-14)16-13(20)7-5-10-4-6-11(22-10)12-3-2-8-23-12/h2-4,6,8-9H,5,7H2,1H3,(H,16,20)(H2,17,18,19,21)/t9-/m0/s1. The Kier molecular flexibility index (Phi) is 4.42. The Bertz CT molecular complexity index is 831. The van der Waals surface area contributed by atoms with Crippen LogP contribution in [-0.2, 0) is 11.2 Å². The summed E-state index contributed by atoms with van der Waals surface area (Å²) in [5.41, 5.74) is -0.391. The lowest BCUT2D eigenvalue weighted by Crippen LogP contribution is -2.27. The van der Waals surface area contributed by atoms with E-state index in [9.17, 15) is 9.59 Å². The number of aromatic nitrogens is 3. The second kappa shape index (κ2) is 6.66. The van der Waals surface area contributed by atoms with Gasteiger partial charge >= 0.3 is 5.69 Å². The number of aromatic amines is 2. The summed E-state index contributed by atoms with van der Waals surface area (Å²) in [5, 5.41) is 10.8. The molecule has 0 radical (unpaired) electrons. The van der Waals surface area contributed by atoms with Crippen molar-refractivity contribution in [1.29, 1.82) is 0 Å². The highest BCUT2D eigenvalue weighted by Crippen LogP contribution is 2.26. The minimum Gasteiger partial charge on any atom is -0.460 e. The first-order chi connectivity index (χ1) is 11.1. The van der Waals surface area contributed by atoms with Crippen LogP contribution in [0.15, 0.2) is 38.9 Å². The fourth-order valence-electron chi connectivity index (χ4n) is 2.17. The van der Waals surface area contributed by atoms with Gasteiger partial charge in [0.1, 0.15) is 11.5 Å². The molecule has 0 unspecified atom stereocenters. The molecule has 0 bridgehead atoms. The number of aryl methyl sites for hydroxylation is 1. The third-order valence-electron chi connectivity index (χ3n) is 3.33. The van der Waals surface area contributed by atoms with E-state index >= 15 is 0 Å². The quantitative estimate of drug-likeness (QED) is 0.644. The molecule has 0 aliphatic heterocycles. The van der Waals surface area contributed by atoms with Gasteiger partial charge in [-0.25, -0.2) is 9.89 Å². The first-order valence-corrected chi connectivity index (χ1v) is 8.06. The van der Waals surface area contributed by atoms with E-state index in [1.165, 1.54) is 0 Å². The predicted octanol–water partition coefficient (Wildman–Crippen LogP) is 2.23. The molecule has 1 amide bonds. The van der Waals surface area contributed by atoms with Crippen LogP contribution in [0.5, 0.6) is 0 Å². The molecule has 3 N–H and O–H groups in total. The van der Waals surface area contributed by atoms with E-state index in [1.54, 1.807) is 18.3 Å². The van der Waals surface area contributed by atoms with Crippen LogP contribution >= 0.6 is 11.3 Å². The number of nitrogens with zero attached hydrogens (tertiary/aromatic N) is 1. The van der Waals surface area contributed by atoms with Crippen molar-refractivity contribution in [3.63, 3.8) is 0 Å². The average Bonchev–Trinajstić information content (AvgIpc) is 3.26. The predicted molar refractivity (Wildman–Crippen MR) is 86.1 cm³/mol. The minimum atomic E-state index is -0.391. The Morgan fingerprint density at radius 1 is 1.43 bits per heavy atom. The molecule has 3 heterocycles. The lowest BCUT2D eigenvalue weighted by molar-refractivity contribution is -0.121. The molecule has 0 aliphatic carbocycles. The Labute approximate surface area is 135 Å². The zero-order valence-corrected chi connectivity index (χ0v) is 13.3. The van der Waals surface area contributed by atoms with Crippen LogP contribution in [0, 0.1) is 0 Å². The molecule has 0 spiro atoms. The van der Waals surface area contributed by atoms with Crippen LogP contribution in [0.25, 0.3) is 10.6 Å². The van der Waals surface area contributed by atoms with Gasteiger partial charge in [-0.1, -0.05) is 6.07 Å². The van der Waals surface area contributed by atoms with E-state index < -0.39 is 5.69 Å². The van der Waals surface area contributed by atoms with Gasteiger partial charge in [0.05, 0.1) is 10.9 Å². The van der Waals surface area contributed by atoms with Crippen LogP contribution in [-0.4, -0.2) is 21.1 Å². The maximum Gasteiger partial charge on any atom is 0.340 e.